The third-order valence-corrected chi connectivity index (χ3v) is 6.54. The molecule has 3 rings (SSSR count). The summed E-state index contributed by atoms with van der Waals surface area (Å²) >= 11 is 5.20. The average Bonchev–Trinajstić information content (AvgIpc) is 2.75. The minimum Gasteiger partial charge on any atom is -0.363 e. The first-order valence-electron chi connectivity index (χ1n) is 10.4. The van der Waals surface area contributed by atoms with E-state index in [9.17, 15) is 4.57 Å². The lowest BCUT2D eigenvalue weighted by atomic mass is 10.2. The molecule has 0 fully saturated rings. The van der Waals surface area contributed by atoms with Crippen molar-refractivity contribution in [2.75, 3.05) is 30.4 Å². The van der Waals surface area contributed by atoms with Gasteiger partial charge in [0.2, 0.25) is 0 Å². The normalized spacial score (nSPS) is 11.3. The number of benzene rings is 1. The van der Waals surface area contributed by atoms with Crippen molar-refractivity contribution >= 4 is 53.4 Å². The van der Waals surface area contributed by atoms with E-state index in [1.54, 1.807) is 26.1 Å². The Labute approximate surface area is 192 Å². The van der Waals surface area contributed by atoms with E-state index >= 15 is 0 Å². The number of aromatic nitrogens is 3. The van der Waals surface area contributed by atoms with Crippen LogP contribution in [-0.2, 0) is 19.8 Å². The topological polar surface area (TPSA) is 110 Å². The van der Waals surface area contributed by atoms with Gasteiger partial charge in [0.25, 0.3) is 0 Å². The summed E-state index contributed by atoms with van der Waals surface area (Å²) in [7, 11) is -3.14. The van der Waals surface area contributed by atoms with Crippen LogP contribution in [0.25, 0.3) is 11.2 Å². The Morgan fingerprint density at radius 1 is 1.00 bits per heavy atom. The summed E-state index contributed by atoms with van der Waals surface area (Å²) in [5, 5.41) is 9.75. The van der Waals surface area contributed by atoms with E-state index in [2.05, 4.69) is 30.9 Å². The summed E-state index contributed by atoms with van der Waals surface area (Å²) in [6, 6.07) is 11.1. The van der Waals surface area contributed by atoms with Crippen molar-refractivity contribution in [1.29, 1.82) is 0 Å². The van der Waals surface area contributed by atoms with Crippen molar-refractivity contribution in [3.63, 3.8) is 0 Å². The van der Waals surface area contributed by atoms with Gasteiger partial charge in [-0.3, -0.25) is 4.57 Å². The van der Waals surface area contributed by atoms with Crippen LogP contribution in [0.4, 0.5) is 17.3 Å². The van der Waals surface area contributed by atoms with Gasteiger partial charge in [-0.05, 0) is 62.8 Å². The number of fused-ring (bicyclic) bond motifs is 1. The molecule has 0 amide bonds. The highest BCUT2D eigenvalue weighted by Crippen LogP contribution is 2.51. The van der Waals surface area contributed by atoms with Crippen molar-refractivity contribution in [2.45, 2.75) is 26.9 Å². The molecule has 0 radical (unpaired) electrons. The zero-order valence-corrected chi connectivity index (χ0v) is 20.0. The molecule has 0 spiro atoms. The molecule has 0 aliphatic heterocycles. The Morgan fingerprint density at radius 3 is 2.34 bits per heavy atom. The summed E-state index contributed by atoms with van der Waals surface area (Å²) in [4.78, 5) is 13.4. The fraction of sp³-hybridized carbons (Fsp3) is 0.333. The second-order valence-electron chi connectivity index (χ2n) is 6.71. The van der Waals surface area contributed by atoms with Crippen LogP contribution in [-0.4, -0.2) is 39.8 Å². The molecule has 0 unspecified atom stereocenters. The molecule has 3 N–H and O–H groups in total. The van der Waals surface area contributed by atoms with E-state index < -0.39 is 7.60 Å². The van der Waals surface area contributed by atoms with Crippen molar-refractivity contribution < 1.29 is 13.6 Å². The van der Waals surface area contributed by atoms with Gasteiger partial charge in [-0.15, -0.1) is 0 Å². The maximum atomic E-state index is 12.7. The second-order valence-corrected chi connectivity index (χ2v) is 9.17. The number of anilines is 3. The molecule has 0 bridgehead atoms. The van der Waals surface area contributed by atoms with Crippen molar-refractivity contribution in [3.05, 3.63) is 48.2 Å². The number of pyridine rings is 1. The van der Waals surface area contributed by atoms with Crippen LogP contribution in [0.2, 0.25) is 0 Å². The van der Waals surface area contributed by atoms with Crippen molar-refractivity contribution in [2.24, 2.45) is 0 Å². The lowest BCUT2D eigenvalue weighted by Gasteiger charge is -2.17. The zero-order chi connectivity index (χ0) is 23.0. The van der Waals surface area contributed by atoms with Gasteiger partial charge in [-0.1, -0.05) is 12.1 Å². The molecule has 0 aliphatic carbocycles. The summed E-state index contributed by atoms with van der Waals surface area (Å²) in [5.41, 5.74) is 2.84. The summed E-state index contributed by atoms with van der Waals surface area (Å²) in [6.07, 6.45) is 1.87. The maximum Gasteiger partial charge on any atom is 0.335 e. The Bertz CT molecular complexity index is 1100. The summed E-state index contributed by atoms with van der Waals surface area (Å²) < 4.78 is 23.4. The quantitative estimate of drug-likeness (QED) is 0.279. The Hall–Kier alpha value is -2.65. The first kappa shape index (κ1) is 24.0. The molecule has 11 heteroatoms. The fourth-order valence-corrected chi connectivity index (χ4v) is 4.89. The predicted molar refractivity (Wildman–Crippen MR) is 132 cm³/mol. The van der Waals surface area contributed by atoms with E-state index in [1.807, 2.05) is 37.3 Å². The Balaban J connectivity index is 1.71. The lowest BCUT2D eigenvalue weighted by Crippen LogP contribution is -2.28. The molecule has 0 saturated carbocycles. The van der Waals surface area contributed by atoms with E-state index in [4.69, 9.17) is 21.3 Å². The molecule has 2 aromatic heterocycles. The highest BCUT2D eigenvalue weighted by molar-refractivity contribution is 7.80. The Kier molecular flexibility index (Phi) is 8.46. The average molecular weight is 475 g/mol. The van der Waals surface area contributed by atoms with Crippen LogP contribution < -0.4 is 16.0 Å². The van der Waals surface area contributed by atoms with Gasteiger partial charge in [-0.2, -0.15) is 0 Å². The van der Waals surface area contributed by atoms with E-state index in [0.717, 1.165) is 17.8 Å². The highest BCUT2D eigenvalue weighted by atomic mass is 32.1. The number of thiocarbonyl (C=S) groups is 1. The smallest absolute Gasteiger partial charge is 0.335 e. The summed E-state index contributed by atoms with van der Waals surface area (Å²) in [5.74, 6) is 1.14. The molecule has 0 aliphatic rings. The SMILES string of the molecule is CCNC(=S)Nc1ccc2ncc(Nc3ccc(CP(=O)(OCC)OCC)cc3)nc2n1. The highest BCUT2D eigenvalue weighted by Gasteiger charge is 2.23. The number of nitrogens with zero attached hydrogens (tertiary/aromatic N) is 3. The van der Waals surface area contributed by atoms with Gasteiger partial charge in [0.1, 0.15) is 11.3 Å². The lowest BCUT2D eigenvalue weighted by molar-refractivity contribution is 0.219. The molecule has 170 valence electrons. The fourth-order valence-electron chi connectivity index (χ4n) is 2.94. The second kappa shape index (κ2) is 11.3. The monoisotopic (exact) mass is 474 g/mol. The molecule has 9 nitrogen and oxygen atoms in total. The third kappa shape index (κ3) is 6.67. The van der Waals surface area contributed by atoms with Crippen LogP contribution in [0.5, 0.6) is 0 Å². The van der Waals surface area contributed by atoms with E-state index in [1.165, 1.54) is 0 Å². The predicted octanol–water partition coefficient (Wildman–Crippen LogP) is 4.84. The van der Waals surface area contributed by atoms with E-state index in [-0.39, 0.29) is 6.16 Å². The first-order valence-corrected chi connectivity index (χ1v) is 12.5. The minimum atomic E-state index is -3.14. The van der Waals surface area contributed by atoms with E-state index in [0.29, 0.717) is 41.1 Å². The number of nitrogens with one attached hydrogen (secondary N) is 3. The van der Waals surface area contributed by atoms with Crippen LogP contribution >= 0.6 is 19.8 Å². The molecule has 0 atom stereocenters. The van der Waals surface area contributed by atoms with Gasteiger partial charge in [0, 0.05) is 12.2 Å². The number of hydrogen-bond donors (Lipinski definition) is 3. The largest absolute Gasteiger partial charge is 0.363 e. The maximum absolute atomic E-state index is 12.7. The van der Waals surface area contributed by atoms with Crippen molar-refractivity contribution in [1.82, 2.24) is 20.3 Å². The van der Waals surface area contributed by atoms with Gasteiger partial charge >= 0.3 is 7.60 Å². The Morgan fingerprint density at radius 2 is 1.69 bits per heavy atom. The van der Waals surface area contributed by atoms with Gasteiger partial charge in [0.05, 0.1) is 25.6 Å². The summed E-state index contributed by atoms with van der Waals surface area (Å²) in [6.45, 7) is 6.96. The van der Waals surface area contributed by atoms with Crippen LogP contribution in [0.15, 0.2) is 42.6 Å². The molecular weight excluding hydrogens is 447 g/mol. The van der Waals surface area contributed by atoms with Crippen LogP contribution in [0.3, 0.4) is 0 Å². The molecule has 3 aromatic rings. The molecule has 0 saturated heterocycles. The van der Waals surface area contributed by atoms with Gasteiger partial charge in [-0.25, -0.2) is 15.0 Å². The minimum absolute atomic E-state index is 0.221. The molecular formula is C21H27N6O3PS. The molecule has 32 heavy (non-hydrogen) atoms. The van der Waals surface area contributed by atoms with Crippen LogP contribution in [0, 0.1) is 0 Å². The zero-order valence-electron chi connectivity index (χ0n) is 18.3. The van der Waals surface area contributed by atoms with Gasteiger partial charge in [0.15, 0.2) is 16.6 Å². The standard InChI is InChI=1S/C21H27N6O3PS/c1-4-22-21(32)27-18-12-11-17-20(25-18)26-19(13-23-17)24-16-9-7-15(8-10-16)14-31(28,29-5-2)30-6-3/h7-13H,4-6,14H2,1-3H3,(H3,22,24,25,26,27,32). The first-order chi connectivity index (χ1) is 15.4. The molecule has 1 aromatic carbocycles. The van der Waals surface area contributed by atoms with Gasteiger partial charge < -0.3 is 25.0 Å². The number of hydrogen-bond acceptors (Lipinski definition) is 8. The molecule has 2 heterocycles. The van der Waals surface area contributed by atoms with Crippen LogP contribution in [0.1, 0.15) is 26.3 Å². The van der Waals surface area contributed by atoms with Crippen molar-refractivity contribution in [3.8, 4) is 0 Å². The third-order valence-electron chi connectivity index (χ3n) is 4.24. The number of rotatable bonds is 10.